The van der Waals surface area contributed by atoms with Crippen LogP contribution >= 0.6 is 15.9 Å². The molecule has 0 atom stereocenters. The lowest BCUT2D eigenvalue weighted by Gasteiger charge is -2.30. The van der Waals surface area contributed by atoms with Crippen LogP contribution in [0.5, 0.6) is 0 Å². The standard InChI is InChI=1S/C15H21BrN2O5/c1-9(2)18(10(3)4)13(19)8-22-14(20)7-17-15(21)11-5-6-12(16)23-11/h5-6,9-10H,7-8H2,1-4H3,(H,17,21). The molecule has 0 saturated carbocycles. The maximum absolute atomic E-state index is 12.0. The van der Waals surface area contributed by atoms with Crippen LogP contribution in [0.1, 0.15) is 38.2 Å². The van der Waals surface area contributed by atoms with Gasteiger partial charge in [-0.1, -0.05) is 0 Å². The number of halogens is 1. The second-order valence-electron chi connectivity index (χ2n) is 5.44. The van der Waals surface area contributed by atoms with Crippen molar-refractivity contribution in [2.75, 3.05) is 13.2 Å². The Hall–Kier alpha value is -1.83. The highest BCUT2D eigenvalue weighted by atomic mass is 79.9. The summed E-state index contributed by atoms with van der Waals surface area (Å²) in [4.78, 5) is 36.9. The van der Waals surface area contributed by atoms with Gasteiger partial charge in [0.2, 0.25) is 0 Å². The van der Waals surface area contributed by atoms with Crippen molar-refractivity contribution < 1.29 is 23.5 Å². The van der Waals surface area contributed by atoms with Crippen molar-refractivity contribution in [3.63, 3.8) is 0 Å². The lowest BCUT2D eigenvalue weighted by Crippen LogP contribution is -2.44. The Morgan fingerprint density at radius 3 is 2.30 bits per heavy atom. The van der Waals surface area contributed by atoms with Crippen LogP contribution in [0.2, 0.25) is 0 Å². The van der Waals surface area contributed by atoms with Crippen LogP contribution in [-0.4, -0.2) is 47.9 Å². The Morgan fingerprint density at radius 2 is 1.83 bits per heavy atom. The van der Waals surface area contributed by atoms with Crippen molar-refractivity contribution in [3.05, 3.63) is 22.6 Å². The van der Waals surface area contributed by atoms with Crippen LogP contribution in [0, 0.1) is 0 Å². The van der Waals surface area contributed by atoms with E-state index in [9.17, 15) is 14.4 Å². The largest absolute Gasteiger partial charge is 0.454 e. The Kier molecular flexibility index (Phi) is 7.28. The van der Waals surface area contributed by atoms with E-state index in [0.717, 1.165) is 0 Å². The number of carbonyl (C=O) groups is 3. The third kappa shape index (κ3) is 6.05. The first-order valence-electron chi connectivity index (χ1n) is 7.22. The van der Waals surface area contributed by atoms with Crippen molar-refractivity contribution in [1.82, 2.24) is 10.2 Å². The van der Waals surface area contributed by atoms with Crippen LogP contribution in [0.25, 0.3) is 0 Å². The highest BCUT2D eigenvalue weighted by Crippen LogP contribution is 2.13. The lowest BCUT2D eigenvalue weighted by molar-refractivity contribution is -0.152. The predicted molar refractivity (Wildman–Crippen MR) is 86.8 cm³/mol. The number of esters is 1. The smallest absolute Gasteiger partial charge is 0.325 e. The highest BCUT2D eigenvalue weighted by Gasteiger charge is 2.21. The van der Waals surface area contributed by atoms with Crippen molar-refractivity contribution >= 4 is 33.7 Å². The van der Waals surface area contributed by atoms with E-state index in [1.807, 2.05) is 27.7 Å². The van der Waals surface area contributed by atoms with Gasteiger partial charge in [-0.15, -0.1) is 0 Å². The molecule has 0 fully saturated rings. The van der Waals surface area contributed by atoms with Gasteiger partial charge < -0.3 is 19.4 Å². The van der Waals surface area contributed by atoms with Gasteiger partial charge in [0, 0.05) is 12.1 Å². The zero-order valence-corrected chi connectivity index (χ0v) is 15.2. The maximum atomic E-state index is 12.0. The number of carbonyl (C=O) groups excluding carboxylic acids is 3. The molecule has 0 aromatic carbocycles. The fourth-order valence-electron chi connectivity index (χ4n) is 2.12. The maximum Gasteiger partial charge on any atom is 0.325 e. The van der Waals surface area contributed by atoms with Gasteiger partial charge in [0.05, 0.1) is 0 Å². The summed E-state index contributed by atoms with van der Waals surface area (Å²) >= 11 is 3.08. The minimum atomic E-state index is -0.690. The van der Waals surface area contributed by atoms with Gasteiger partial charge in [-0.2, -0.15) is 0 Å². The van der Waals surface area contributed by atoms with Gasteiger partial charge in [0.25, 0.3) is 11.8 Å². The SMILES string of the molecule is CC(C)N(C(=O)COC(=O)CNC(=O)c1ccc(Br)o1)C(C)C. The van der Waals surface area contributed by atoms with Crippen LogP contribution in [0.3, 0.4) is 0 Å². The topological polar surface area (TPSA) is 88.9 Å². The molecule has 0 aliphatic rings. The summed E-state index contributed by atoms with van der Waals surface area (Å²) in [6, 6.07) is 3.06. The number of amides is 2. The Labute approximate surface area is 143 Å². The second-order valence-corrected chi connectivity index (χ2v) is 6.22. The molecule has 23 heavy (non-hydrogen) atoms. The summed E-state index contributed by atoms with van der Waals surface area (Å²) in [5.41, 5.74) is 0. The molecule has 0 spiro atoms. The van der Waals surface area contributed by atoms with Gasteiger partial charge >= 0.3 is 5.97 Å². The third-order valence-electron chi connectivity index (χ3n) is 2.95. The number of nitrogens with zero attached hydrogens (tertiary/aromatic N) is 1. The fraction of sp³-hybridized carbons (Fsp3) is 0.533. The molecule has 1 rings (SSSR count). The van der Waals surface area contributed by atoms with E-state index in [1.165, 1.54) is 6.07 Å². The number of rotatable bonds is 7. The lowest BCUT2D eigenvalue weighted by atomic mass is 10.2. The number of furan rings is 1. The van der Waals surface area contributed by atoms with Crippen LogP contribution < -0.4 is 5.32 Å². The van der Waals surface area contributed by atoms with E-state index in [0.29, 0.717) is 4.67 Å². The number of hydrogen-bond acceptors (Lipinski definition) is 5. The molecule has 128 valence electrons. The summed E-state index contributed by atoms with van der Waals surface area (Å²) in [7, 11) is 0. The normalized spacial score (nSPS) is 10.7. The first-order valence-corrected chi connectivity index (χ1v) is 8.02. The summed E-state index contributed by atoms with van der Waals surface area (Å²) in [6.45, 7) is 6.87. The monoisotopic (exact) mass is 388 g/mol. The summed E-state index contributed by atoms with van der Waals surface area (Å²) < 4.78 is 10.4. The number of nitrogens with one attached hydrogen (secondary N) is 1. The van der Waals surface area contributed by atoms with Crippen LogP contribution in [0.4, 0.5) is 0 Å². The molecule has 1 N–H and O–H groups in total. The van der Waals surface area contributed by atoms with E-state index in [1.54, 1.807) is 11.0 Å². The van der Waals surface area contributed by atoms with Crippen LogP contribution in [0.15, 0.2) is 21.2 Å². The summed E-state index contributed by atoms with van der Waals surface area (Å²) in [5.74, 6) is -1.43. The van der Waals surface area contributed by atoms with Gasteiger partial charge in [-0.3, -0.25) is 14.4 Å². The van der Waals surface area contributed by atoms with Crippen LogP contribution in [-0.2, 0) is 14.3 Å². The van der Waals surface area contributed by atoms with Crippen molar-refractivity contribution in [3.8, 4) is 0 Å². The molecule has 7 nitrogen and oxygen atoms in total. The van der Waals surface area contributed by atoms with E-state index >= 15 is 0 Å². The fourth-order valence-corrected chi connectivity index (χ4v) is 2.42. The molecule has 1 aromatic heterocycles. The van der Waals surface area contributed by atoms with E-state index in [4.69, 9.17) is 9.15 Å². The van der Waals surface area contributed by atoms with Crippen molar-refractivity contribution in [2.24, 2.45) is 0 Å². The zero-order valence-electron chi connectivity index (χ0n) is 13.6. The molecule has 0 unspecified atom stereocenters. The Balaban J connectivity index is 2.39. The molecule has 2 amide bonds. The van der Waals surface area contributed by atoms with Gasteiger partial charge in [0.15, 0.2) is 17.0 Å². The van der Waals surface area contributed by atoms with Crippen molar-refractivity contribution in [2.45, 2.75) is 39.8 Å². The molecule has 0 saturated heterocycles. The zero-order chi connectivity index (χ0) is 17.6. The third-order valence-corrected chi connectivity index (χ3v) is 3.37. The average Bonchev–Trinajstić information content (AvgIpc) is 2.88. The number of ether oxygens (including phenoxy) is 1. The molecule has 1 aromatic rings. The first kappa shape index (κ1) is 19.2. The average molecular weight is 389 g/mol. The number of hydrogen-bond donors (Lipinski definition) is 1. The molecular weight excluding hydrogens is 368 g/mol. The second kappa shape index (κ2) is 8.71. The Bertz CT molecular complexity index is 560. The quantitative estimate of drug-likeness (QED) is 0.721. The predicted octanol–water partition coefficient (Wildman–Crippen LogP) is 1.96. The van der Waals surface area contributed by atoms with E-state index in [-0.39, 0.29) is 36.9 Å². The molecule has 0 radical (unpaired) electrons. The van der Waals surface area contributed by atoms with Gasteiger partial charge in [0.1, 0.15) is 6.54 Å². The molecule has 0 bridgehead atoms. The van der Waals surface area contributed by atoms with Gasteiger partial charge in [-0.05, 0) is 55.8 Å². The van der Waals surface area contributed by atoms with E-state index < -0.39 is 11.9 Å². The molecule has 0 aliphatic heterocycles. The molecule has 1 heterocycles. The molecule has 0 aliphatic carbocycles. The first-order chi connectivity index (χ1) is 10.7. The summed E-state index contributed by atoms with van der Waals surface area (Å²) in [6.07, 6.45) is 0. The summed E-state index contributed by atoms with van der Waals surface area (Å²) in [5, 5.41) is 2.36. The minimum Gasteiger partial charge on any atom is -0.454 e. The van der Waals surface area contributed by atoms with E-state index in [2.05, 4.69) is 21.2 Å². The Morgan fingerprint density at radius 1 is 1.22 bits per heavy atom. The molecule has 8 heteroatoms. The van der Waals surface area contributed by atoms with Gasteiger partial charge in [-0.25, -0.2) is 0 Å². The van der Waals surface area contributed by atoms with Crippen molar-refractivity contribution in [1.29, 1.82) is 0 Å². The molecular formula is C15H21BrN2O5. The highest BCUT2D eigenvalue weighted by molar-refractivity contribution is 9.10. The minimum absolute atomic E-state index is 0.0123.